The Hall–Kier alpha value is -0.550. The van der Waals surface area contributed by atoms with Crippen molar-refractivity contribution in [3.05, 3.63) is 6.33 Å². The molecule has 1 heterocycles. The minimum absolute atomic E-state index is 0.741. The van der Waals surface area contributed by atoms with Crippen LogP contribution in [0.2, 0.25) is 0 Å². The van der Waals surface area contributed by atoms with Gasteiger partial charge in [-0.3, -0.25) is 0 Å². The Labute approximate surface area is 70.2 Å². The van der Waals surface area contributed by atoms with E-state index < -0.39 is 0 Å². The second kappa shape index (κ2) is 4.35. The summed E-state index contributed by atoms with van der Waals surface area (Å²) in [5.74, 6) is 1.02. The first-order chi connectivity index (χ1) is 5.34. The van der Waals surface area contributed by atoms with Crippen LogP contribution in [0, 0.1) is 0 Å². The van der Waals surface area contributed by atoms with Gasteiger partial charge in [0.1, 0.15) is 6.33 Å². The zero-order chi connectivity index (χ0) is 8.10. The van der Waals surface area contributed by atoms with Gasteiger partial charge in [-0.05, 0) is 13.0 Å². The number of hydrogen-bond acceptors (Lipinski definition) is 4. The Morgan fingerprint density at radius 2 is 2.55 bits per heavy atom. The Morgan fingerprint density at radius 3 is 3.09 bits per heavy atom. The quantitative estimate of drug-likeness (QED) is 0.522. The molecule has 0 spiro atoms. The summed E-state index contributed by atoms with van der Waals surface area (Å²) >= 11 is 1.69. The molecular formula is C6H12N4S. The first-order valence-electron chi connectivity index (χ1n) is 3.51. The number of aromatic nitrogens is 3. The molecule has 2 N–H and O–H groups in total. The fraction of sp³-hybridized carbons (Fsp3) is 0.667. The molecule has 0 bridgehead atoms. The molecular weight excluding hydrogens is 160 g/mol. The van der Waals surface area contributed by atoms with Crippen molar-refractivity contribution in [1.82, 2.24) is 14.8 Å². The predicted octanol–water partition coefficient (Wildman–Crippen LogP) is 0.256. The predicted molar refractivity (Wildman–Crippen MR) is 45.4 cm³/mol. The maximum absolute atomic E-state index is 5.35. The second-order valence-electron chi connectivity index (χ2n) is 2.16. The fourth-order valence-electron chi connectivity index (χ4n) is 0.663. The van der Waals surface area contributed by atoms with Gasteiger partial charge in [0.15, 0.2) is 5.16 Å². The number of hydrogen-bond donors (Lipinski definition) is 1. The summed E-state index contributed by atoms with van der Waals surface area (Å²) in [7, 11) is 1.89. The lowest BCUT2D eigenvalue weighted by Crippen LogP contribution is -2.00. The van der Waals surface area contributed by atoms with E-state index in [-0.39, 0.29) is 0 Å². The molecule has 1 aromatic rings. The average Bonchev–Trinajstić information content (AvgIpc) is 2.37. The first kappa shape index (κ1) is 8.55. The van der Waals surface area contributed by atoms with E-state index in [0.29, 0.717) is 0 Å². The third kappa shape index (κ3) is 2.51. The van der Waals surface area contributed by atoms with Crippen molar-refractivity contribution in [3.63, 3.8) is 0 Å². The summed E-state index contributed by atoms with van der Waals surface area (Å²) in [6.45, 7) is 0.741. The standard InChI is InChI=1S/C6H12N4S/c1-10-6(8-5-9-10)11-4-2-3-7/h5H,2-4,7H2,1H3. The third-order valence-electron chi connectivity index (χ3n) is 1.25. The Balaban J connectivity index is 2.32. The minimum atomic E-state index is 0.741. The Bertz CT molecular complexity index is 210. The largest absolute Gasteiger partial charge is 0.330 e. The van der Waals surface area contributed by atoms with Crippen LogP contribution in [0.15, 0.2) is 11.5 Å². The van der Waals surface area contributed by atoms with Crippen molar-refractivity contribution in [3.8, 4) is 0 Å². The molecule has 0 aliphatic rings. The van der Waals surface area contributed by atoms with E-state index >= 15 is 0 Å². The van der Waals surface area contributed by atoms with Crippen molar-refractivity contribution in [1.29, 1.82) is 0 Å². The van der Waals surface area contributed by atoms with Gasteiger partial charge in [0, 0.05) is 12.8 Å². The normalized spacial score (nSPS) is 10.4. The molecule has 5 heteroatoms. The van der Waals surface area contributed by atoms with Crippen molar-refractivity contribution < 1.29 is 0 Å². The van der Waals surface area contributed by atoms with Crippen LogP contribution in [0.25, 0.3) is 0 Å². The molecule has 11 heavy (non-hydrogen) atoms. The summed E-state index contributed by atoms with van der Waals surface area (Å²) < 4.78 is 1.77. The van der Waals surface area contributed by atoms with Crippen LogP contribution in [0.5, 0.6) is 0 Å². The second-order valence-corrected chi connectivity index (χ2v) is 3.22. The highest BCUT2D eigenvalue weighted by Crippen LogP contribution is 2.13. The number of thioether (sulfide) groups is 1. The molecule has 0 amide bonds. The fourth-order valence-corrected chi connectivity index (χ4v) is 1.51. The number of rotatable bonds is 4. The van der Waals surface area contributed by atoms with Crippen LogP contribution in [0.3, 0.4) is 0 Å². The highest BCUT2D eigenvalue weighted by molar-refractivity contribution is 7.99. The van der Waals surface area contributed by atoms with E-state index in [9.17, 15) is 0 Å². The lowest BCUT2D eigenvalue weighted by molar-refractivity contribution is 0.684. The van der Waals surface area contributed by atoms with Gasteiger partial charge >= 0.3 is 0 Å². The van der Waals surface area contributed by atoms with Gasteiger partial charge in [-0.1, -0.05) is 11.8 Å². The van der Waals surface area contributed by atoms with Crippen LogP contribution in [0.1, 0.15) is 6.42 Å². The van der Waals surface area contributed by atoms with E-state index in [0.717, 1.165) is 23.9 Å². The topological polar surface area (TPSA) is 56.7 Å². The van der Waals surface area contributed by atoms with Crippen LogP contribution >= 0.6 is 11.8 Å². The smallest absolute Gasteiger partial charge is 0.185 e. The van der Waals surface area contributed by atoms with Crippen LogP contribution < -0.4 is 5.73 Å². The molecule has 4 nitrogen and oxygen atoms in total. The summed E-state index contributed by atoms with van der Waals surface area (Å²) in [4.78, 5) is 4.06. The molecule has 0 aliphatic carbocycles. The molecule has 0 saturated heterocycles. The van der Waals surface area contributed by atoms with E-state index in [1.807, 2.05) is 7.05 Å². The summed E-state index contributed by atoms with van der Waals surface area (Å²) in [5, 5.41) is 4.91. The van der Waals surface area contributed by atoms with Gasteiger partial charge in [0.25, 0.3) is 0 Å². The van der Waals surface area contributed by atoms with Crippen molar-refractivity contribution >= 4 is 11.8 Å². The SMILES string of the molecule is Cn1ncnc1SCCCN. The summed E-state index contributed by atoms with van der Waals surface area (Å²) in [5.41, 5.74) is 5.35. The van der Waals surface area contributed by atoms with E-state index in [1.54, 1.807) is 22.8 Å². The maximum Gasteiger partial charge on any atom is 0.185 e. The van der Waals surface area contributed by atoms with Gasteiger partial charge < -0.3 is 5.73 Å². The summed E-state index contributed by atoms with van der Waals surface area (Å²) in [6, 6.07) is 0. The van der Waals surface area contributed by atoms with Gasteiger partial charge in [-0.2, -0.15) is 5.10 Å². The Morgan fingerprint density at radius 1 is 1.73 bits per heavy atom. The number of nitrogens with zero attached hydrogens (tertiary/aromatic N) is 3. The first-order valence-corrected chi connectivity index (χ1v) is 4.50. The monoisotopic (exact) mass is 172 g/mol. The van der Waals surface area contributed by atoms with Crippen LogP contribution in [0.4, 0.5) is 0 Å². The van der Waals surface area contributed by atoms with Crippen molar-refractivity contribution in [2.45, 2.75) is 11.6 Å². The molecule has 0 atom stereocenters. The molecule has 0 radical (unpaired) electrons. The van der Waals surface area contributed by atoms with Crippen molar-refractivity contribution in [2.24, 2.45) is 12.8 Å². The molecule has 0 unspecified atom stereocenters. The lowest BCUT2D eigenvalue weighted by atomic mass is 10.5. The minimum Gasteiger partial charge on any atom is -0.330 e. The zero-order valence-electron chi connectivity index (χ0n) is 6.53. The van der Waals surface area contributed by atoms with E-state index in [1.165, 1.54) is 0 Å². The van der Waals surface area contributed by atoms with E-state index in [4.69, 9.17) is 5.73 Å². The molecule has 0 saturated carbocycles. The van der Waals surface area contributed by atoms with Gasteiger partial charge in [0.2, 0.25) is 0 Å². The highest BCUT2D eigenvalue weighted by Gasteiger charge is 1.98. The summed E-state index contributed by atoms with van der Waals surface area (Å²) in [6.07, 6.45) is 2.59. The third-order valence-corrected chi connectivity index (χ3v) is 2.37. The average molecular weight is 172 g/mol. The van der Waals surface area contributed by atoms with Gasteiger partial charge in [0.05, 0.1) is 0 Å². The zero-order valence-corrected chi connectivity index (χ0v) is 7.34. The van der Waals surface area contributed by atoms with Crippen LogP contribution in [-0.4, -0.2) is 27.1 Å². The molecule has 1 aromatic heterocycles. The molecule has 1 rings (SSSR count). The molecule has 0 fully saturated rings. The lowest BCUT2D eigenvalue weighted by Gasteiger charge is -1.97. The highest BCUT2D eigenvalue weighted by atomic mass is 32.2. The van der Waals surface area contributed by atoms with E-state index in [2.05, 4.69) is 10.1 Å². The Kier molecular flexibility index (Phi) is 3.38. The number of nitrogens with two attached hydrogens (primary N) is 1. The van der Waals surface area contributed by atoms with Crippen molar-refractivity contribution in [2.75, 3.05) is 12.3 Å². The molecule has 62 valence electrons. The maximum atomic E-state index is 5.35. The van der Waals surface area contributed by atoms with Gasteiger partial charge in [-0.25, -0.2) is 9.67 Å². The van der Waals surface area contributed by atoms with Crippen LogP contribution in [-0.2, 0) is 7.05 Å². The van der Waals surface area contributed by atoms with Gasteiger partial charge in [-0.15, -0.1) is 0 Å². The molecule has 0 aromatic carbocycles. The molecule has 0 aliphatic heterocycles. The number of aryl methyl sites for hydroxylation is 1.